The maximum Gasteiger partial charge on any atom is 0.283 e. The average Bonchev–Trinajstić information content (AvgIpc) is 2.90. The van der Waals surface area contributed by atoms with E-state index in [1.165, 1.54) is 18.9 Å². The van der Waals surface area contributed by atoms with Crippen molar-refractivity contribution in [3.05, 3.63) is 38.3 Å². The molecule has 20 heavy (non-hydrogen) atoms. The smallest absolute Gasteiger partial charge is 0.283 e. The van der Waals surface area contributed by atoms with Crippen LogP contribution in [0.15, 0.2) is 22.7 Å². The Labute approximate surface area is 126 Å². The van der Waals surface area contributed by atoms with Crippen LogP contribution < -0.4 is 5.32 Å². The third-order valence-corrected chi connectivity index (χ3v) is 4.99. The number of nitro benzene ring substituents is 1. The number of nitro groups is 1. The number of nitrogens with zero attached hydrogens (tertiary/aromatic N) is 1. The van der Waals surface area contributed by atoms with Crippen molar-refractivity contribution in [3.63, 3.8) is 0 Å². The minimum atomic E-state index is -0.389. The van der Waals surface area contributed by atoms with Gasteiger partial charge in [-0.1, -0.05) is 25.0 Å². The van der Waals surface area contributed by atoms with Gasteiger partial charge in [-0.2, -0.15) is 0 Å². The Bertz CT molecular complexity index is 487. The van der Waals surface area contributed by atoms with Gasteiger partial charge < -0.3 is 10.4 Å². The second-order valence-corrected chi connectivity index (χ2v) is 6.27. The summed E-state index contributed by atoms with van der Waals surface area (Å²) in [6, 6.07) is 5.04. The van der Waals surface area contributed by atoms with Gasteiger partial charge >= 0.3 is 0 Å². The quantitative estimate of drug-likeness (QED) is 0.615. The van der Waals surface area contributed by atoms with E-state index in [0.29, 0.717) is 11.0 Å². The van der Waals surface area contributed by atoms with E-state index in [2.05, 4.69) is 21.2 Å². The highest BCUT2D eigenvalue weighted by Gasteiger charge is 2.32. The summed E-state index contributed by atoms with van der Waals surface area (Å²) in [5, 5.41) is 23.8. The molecule has 0 aliphatic heterocycles. The Hall–Kier alpha value is -0.980. The number of aliphatic hydroxyl groups is 1. The van der Waals surface area contributed by atoms with Crippen LogP contribution in [-0.4, -0.2) is 23.2 Å². The van der Waals surface area contributed by atoms with Gasteiger partial charge in [-0.25, -0.2) is 0 Å². The van der Waals surface area contributed by atoms with Crippen molar-refractivity contribution in [2.24, 2.45) is 5.41 Å². The van der Waals surface area contributed by atoms with Crippen molar-refractivity contribution in [2.45, 2.75) is 32.2 Å². The Balaban J connectivity index is 1.97. The zero-order chi connectivity index (χ0) is 14.6. The van der Waals surface area contributed by atoms with Crippen molar-refractivity contribution < 1.29 is 10.0 Å². The molecule has 0 bridgehead atoms. The first kappa shape index (κ1) is 15.4. The number of nitrogens with one attached hydrogen (secondary N) is 1. The molecule has 2 rings (SSSR count). The molecule has 1 aromatic rings. The fraction of sp³-hybridized carbons (Fsp3) is 0.571. The standard InChI is InChI=1S/C14H19BrN2O3/c15-13-11(4-3-5-12(13)17(19)20)8-16-9-14(10-18)6-1-2-7-14/h3-5,16,18H,1-2,6-10H2. The van der Waals surface area contributed by atoms with E-state index in [1.54, 1.807) is 6.07 Å². The number of halogens is 1. The number of benzene rings is 1. The third-order valence-electron chi connectivity index (χ3n) is 4.07. The van der Waals surface area contributed by atoms with Gasteiger partial charge in [0.15, 0.2) is 0 Å². The van der Waals surface area contributed by atoms with Crippen molar-refractivity contribution >= 4 is 21.6 Å². The van der Waals surface area contributed by atoms with Crippen LogP contribution in [0, 0.1) is 15.5 Å². The van der Waals surface area contributed by atoms with Crippen molar-refractivity contribution in [1.29, 1.82) is 0 Å². The molecule has 6 heteroatoms. The van der Waals surface area contributed by atoms with Gasteiger partial charge in [-0.3, -0.25) is 10.1 Å². The maximum absolute atomic E-state index is 10.9. The van der Waals surface area contributed by atoms with Crippen LogP contribution in [0.3, 0.4) is 0 Å². The highest BCUT2D eigenvalue weighted by atomic mass is 79.9. The molecule has 1 aliphatic carbocycles. The molecule has 0 atom stereocenters. The molecule has 1 fully saturated rings. The van der Waals surface area contributed by atoms with Gasteiger partial charge in [0.1, 0.15) is 0 Å². The van der Waals surface area contributed by atoms with Crippen LogP contribution in [0.2, 0.25) is 0 Å². The molecule has 110 valence electrons. The van der Waals surface area contributed by atoms with Crippen LogP contribution in [0.5, 0.6) is 0 Å². The van der Waals surface area contributed by atoms with Gasteiger partial charge in [0.2, 0.25) is 0 Å². The lowest BCUT2D eigenvalue weighted by atomic mass is 9.87. The van der Waals surface area contributed by atoms with Gasteiger partial charge in [-0.15, -0.1) is 0 Å². The number of aliphatic hydroxyl groups excluding tert-OH is 1. The summed E-state index contributed by atoms with van der Waals surface area (Å²) in [4.78, 5) is 10.5. The first-order chi connectivity index (χ1) is 9.58. The summed E-state index contributed by atoms with van der Waals surface area (Å²) in [5.41, 5.74) is 0.944. The Morgan fingerprint density at radius 3 is 2.70 bits per heavy atom. The van der Waals surface area contributed by atoms with E-state index < -0.39 is 0 Å². The average molecular weight is 343 g/mol. The summed E-state index contributed by atoms with van der Waals surface area (Å²) in [5.74, 6) is 0. The predicted molar refractivity (Wildman–Crippen MR) is 80.5 cm³/mol. The second-order valence-electron chi connectivity index (χ2n) is 5.48. The molecule has 2 N–H and O–H groups in total. The predicted octanol–water partition coefficient (Wildman–Crippen LogP) is 3.00. The Morgan fingerprint density at radius 1 is 1.40 bits per heavy atom. The van der Waals surface area contributed by atoms with Crippen LogP contribution in [-0.2, 0) is 6.54 Å². The lowest BCUT2D eigenvalue weighted by Gasteiger charge is -2.26. The largest absolute Gasteiger partial charge is 0.396 e. The fourth-order valence-electron chi connectivity index (χ4n) is 2.82. The topological polar surface area (TPSA) is 75.4 Å². The van der Waals surface area contributed by atoms with Gasteiger partial charge in [0.25, 0.3) is 5.69 Å². The first-order valence-corrected chi connectivity index (χ1v) is 7.61. The van der Waals surface area contributed by atoms with Crippen LogP contribution in [0.1, 0.15) is 31.2 Å². The highest BCUT2D eigenvalue weighted by molar-refractivity contribution is 9.10. The molecule has 0 amide bonds. The zero-order valence-corrected chi connectivity index (χ0v) is 12.9. The number of hydrogen-bond acceptors (Lipinski definition) is 4. The molecule has 1 saturated carbocycles. The summed E-state index contributed by atoms with van der Waals surface area (Å²) < 4.78 is 0.530. The molecule has 0 aromatic heterocycles. The monoisotopic (exact) mass is 342 g/mol. The molecule has 5 nitrogen and oxygen atoms in total. The molecular formula is C14H19BrN2O3. The van der Waals surface area contributed by atoms with E-state index in [0.717, 1.165) is 24.9 Å². The van der Waals surface area contributed by atoms with Crippen LogP contribution >= 0.6 is 15.9 Å². The van der Waals surface area contributed by atoms with Gasteiger partial charge in [0, 0.05) is 31.2 Å². The van der Waals surface area contributed by atoms with Gasteiger partial charge in [0.05, 0.1) is 9.40 Å². The molecular weight excluding hydrogens is 324 g/mol. The summed E-state index contributed by atoms with van der Waals surface area (Å²) in [7, 11) is 0. The Morgan fingerprint density at radius 2 is 2.10 bits per heavy atom. The van der Waals surface area contributed by atoms with Crippen molar-refractivity contribution in [3.8, 4) is 0 Å². The molecule has 0 saturated heterocycles. The van der Waals surface area contributed by atoms with E-state index in [-0.39, 0.29) is 22.6 Å². The molecule has 0 radical (unpaired) electrons. The molecule has 0 heterocycles. The minimum Gasteiger partial charge on any atom is -0.396 e. The zero-order valence-electron chi connectivity index (χ0n) is 11.3. The Kier molecular flexibility index (Phi) is 5.12. The van der Waals surface area contributed by atoms with E-state index >= 15 is 0 Å². The summed E-state index contributed by atoms with van der Waals surface area (Å²) in [6.45, 7) is 1.51. The van der Waals surface area contributed by atoms with Crippen LogP contribution in [0.4, 0.5) is 5.69 Å². The maximum atomic E-state index is 10.9. The van der Waals surface area contributed by atoms with E-state index in [1.807, 2.05) is 6.07 Å². The summed E-state index contributed by atoms with van der Waals surface area (Å²) >= 11 is 3.29. The normalized spacial score (nSPS) is 17.3. The van der Waals surface area contributed by atoms with E-state index in [9.17, 15) is 15.2 Å². The first-order valence-electron chi connectivity index (χ1n) is 6.81. The second kappa shape index (κ2) is 6.65. The molecule has 0 spiro atoms. The third kappa shape index (κ3) is 3.37. The van der Waals surface area contributed by atoms with Crippen LogP contribution in [0.25, 0.3) is 0 Å². The fourth-order valence-corrected chi connectivity index (χ4v) is 3.37. The summed E-state index contributed by atoms with van der Waals surface area (Å²) in [6.07, 6.45) is 4.44. The van der Waals surface area contributed by atoms with Crippen molar-refractivity contribution in [1.82, 2.24) is 5.32 Å². The van der Waals surface area contributed by atoms with Gasteiger partial charge in [-0.05, 0) is 34.3 Å². The minimum absolute atomic E-state index is 0.00676. The molecule has 0 unspecified atom stereocenters. The van der Waals surface area contributed by atoms with E-state index in [4.69, 9.17) is 0 Å². The highest BCUT2D eigenvalue weighted by Crippen LogP contribution is 2.37. The number of hydrogen-bond donors (Lipinski definition) is 2. The molecule has 1 aromatic carbocycles. The lowest BCUT2D eigenvalue weighted by Crippen LogP contribution is -2.34. The molecule has 1 aliphatic rings. The lowest BCUT2D eigenvalue weighted by molar-refractivity contribution is -0.385. The SMILES string of the molecule is O=[N+]([O-])c1cccc(CNCC2(CO)CCCC2)c1Br. The number of rotatable bonds is 6. The van der Waals surface area contributed by atoms with Crippen molar-refractivity contribution in [2.75, 3.05) is 13.2 Å².